The van der Waals surface area contributed by atoms with Crippen molar-refractivity contribution in [1.29, 1.82) is 0 Å². The van der Waals surface area contributed by atoms with Crippen molar-refractivity contribution in [2.75, 3.05) is 7.11 Å². The van der Waals surface area contributed by atoms with Gasteiger partial charge in [0.15, 0.2) is 0 Å². The Bertz CT molecular complexity index is 570. The summed E-state index contributed by atoms with van der Waals surface area (Å²) in [7, 11) is 1.61. The monoisotopic (exact) mass is 270 g/mol. The summed E-state index contributed by atoms with van der Waals surface area (Å²) in [4.78, 5) is 11.1. The summed E-state index contributed by atoms with van der Waals surface area (Å²) >= 11 is 0. The standard InChI is InChI=1S/C17H18O3/c1-12-3-5-13(6-4-12)16(11-17(18)19)14-7-9-15(20-2)10-8-14/h3-10,16H,11H2,1-2H3,(H,18,19). The van der Waals surface area contributed by atoms with Crippen molar-refractivity contribution in [3.63, 3.8) is 0 Å². The van der Waals surface area contributed by atoms with Crippen LogP contribution in [0.4, 0.5) is 0 Å². The fraction of sp³-hybridized carbons (Fsp3) is 0.235. The molecule has 1 N–H and O–H groups in total. The van der Waals surface area contributed by atoms with Crippen LogP contribution in [0.5, 0.6) is 5.75 Å². The van der Waals surface area contributed by atoms with Crippen LogP contribution in [0.15, 0.2) is 48.5 Å². The smallest absolute Gasteiger partial charge is 0.304 e. The van der Waals surface area contributed by atoms with Gasteiger partial charge in [-0.15, -0.1) is 0 Å². The second-order valence-corrected chi connectivity index (χ2v) is 4.83. The molecule has 0 amide bonds. The van der Waals surface area contributed by atoms with Crippen LogP contribution in [-0.4, -0.2) is 18.2 Å². The zero-order valence-electron chi connectivity index (χ0n) is 11.7. The van der Waals surface area contributed by atoms with Crippen LogP contribution in [0.3, 0.4) is 0 Å². The molecular formula is C17H18O3. The predicted octanol–water partition coefficient (Wildman–Crippen LogP) is 3.61. The third-order valence-corrected chi connectivity index (χ3v) is 3.38. The minimum absolute atomic E-state index is 0.0788. The number of carbonyl (C=O) groups is 1. The summed E-state index contributed by atoms with van der Waals surface area (Å²) in [5, 5.41) is 9.14. The van der Waals surface area contributed by atoms with Crippen LogP contribution in [0.2, 0.25) is 0 Å². The first kappa shape index (κ1) is 14.1. The van der Waals surface area contributed by atoms with E-state index in [9.17, 15) is 4.79 Å². The van der Waals surface area contributed by atoms with E-state index in [2.05, 4.69) is 0 Å². The summed E-state index contributed by atoms with van der Waals surface area (Å²) in [5.74, 6) is -0.169. The fourth-order valence-electron chi connectivity index (χ4n) is 2.24. The fourth-order valence-corrected chi connectivity index (χ4v) is 2.24. The quantitative estimate of drug-likeness (QED) is 0.902. The van der Waals surface area contributed by atoms with E-state index in [1.807, 2.05) is 55.5 Å². The van der Waals surface area contributed by atoms with Crippen molar-refractivity contribution in [3.8, 4) is 5.75 Å². The van der Waals surface area contributed by atoms with Crippen molar-refractivity contribution in [1.82, 2.24) is 0 Å². The van der Waals surface area contributed by atoms with Crippen LogP contribution < -0.4 is 4.74 Å². The van der Waals surface area contributed by atoms with Crippen molar-refractivity contribution in [3.05, 3.63) is 65.2 Å². The van der Waals surface area contributed by atoms with Gasteiger partial charge in [-0.2, -0.15) is 0 Å². The van der Waals surface area contributed by atoms with Crippen LogP contribution >= 0.6 is 0 Å². The summed E-state index contributed by atoms with van der Waals surface area (Å²) in [5.41, 5.74) is 3.16. The molecule has 2 rings (SSSR count). The van der Waals surface area contributed by atoms with Gasteiger partial charge in [-0.1, -0.05) is 42.0 Å². The van der Waals surface area contributed by atoms with Gasteiger partial charge in [-0.3, -0.25) is 4.79 Å². The molecule has 1 unspecified atom stereocenters. The number of hydrogen-bond acceptors (Lipinski definition) is 2. The molecule has 0 saturated carbocycles. The van der Waals surface area contributed by atoms with Crippen molar-refractivity contribution in [2.45, 2.75) is 19.3 Å². The molecule has 0 radical (unpaired) electrons. The number of carboxylic acid groups (broad SMARTS) is 1. The highest BCUT2D eigenvalue weighted by Crippen LogP contribution is 2.29. The highest BCUT2D eigenvalue weighted by atomic mass is 16.5. The molecule has 20 heavy (non-hydrogen) atoms. The third-order valence-electron chi connectivity index (χ3n) is 3.38. The Hall–Kier alpha value is -2.29. The highest BCUT2D eigenvalue weighted by Gasteiger charge is 2.17. The zero-order valence-corrected chi connectivity index (χ0v) is 11.7. The van der Waals surface area contributed by atoms with Crippen LogP contribution in [0, 0.1) is 6.92 Å². The van der Waals surface area contributed by atoms with Gasteiger partial charge in [0.25, 0.3) is 0 Å². The molecule has 0 aliphatic rings. The van der Waals surface area contributed by atoms with E-state index < -0.39 is 5.97 Å². The summed E-state index contributed by atoms with van der Waals surface area (Å²) in [6, 6.07) is 15.6. The molecule has 0 spiro atoms. The Balaban J connectivity index is 2.35. The van der Waals surface area contributed by atoms with E-state index in [-0.39, 0.29) is 12.3 Å². The van der Waals surface area contributed by atoms with E-state index in [0.717, 1.165) is 22.4 Å². The summed E-state index contributed by atoms with van der Waals surface area (Å²) in [6.07, 6.45) is 0.0788. The Kier molecular flexibility index (Phi) is 4.41. The molecule has 0 heterocycles. The number of rotatable bonds is 5. The van der Waals surface area contributed by atoms with Crippen LogP contribution in [0.1, 0.15) is 29.0 Å². The molecule has 0 bridgehead atoms. The van der Waals surface area contributed by atoms with Gasteiger partial charge in [0.05, 0.1) is 13.5 Å². The first-order valence-corrected chi connectivity index (χ1v) is 6.52. The molecule has 2 aromatic carbocycles. The maximum atomic E-state index is 11.1. The predicted molar refractivity (Wildman–Crippen MR) is 78.3 cm³/mol. The second-order valence-electron chi connectivity index (χ2n) is 4.83. The minimum Gasteiger partial charge on any atom is -0.497 e. The van der Waals surface area contributed by atoms with Crippen LogP contribution in [0.25, 0.3) is 0 Å². The molecule has 2 aromatic rings. The molecule has 3 heteroatoms. The van der Waals surface area contributed by atoms with Gasteiger partial charge in [0, 0.05) is 5.92 Å². The van der Waals surface area contributed by atoms with Crippen molar-refractivity contribution < 1.29 is 14.6 Å². The molecule has 1 atom stereocenters. The second kappa shape index (κ2) is 6.24. The average Bonchev–Trinajstić information content (AvgIpc) is 2.46. The Morgan fingerprint density at radius 1 is 1.05 bits per heavy atom. The first-order chi connectivity index (χ1) is 9.60. The normalized spacial score (nSPS) is 11.9. The first-order valence-electron chi connectivity index (χ1n) is 6.52. The molecule has 0 saturated heterocycles. The molecule has 0 aliphatic carbocycles. The Morgan fingerprint density at radius 2 is 1.55 bits per heavy atom. The molecule has 104 valence electrons. The average molecular weight is 270 g/mol. The number of benzene rings is 2. The number of hydrogen-bond donors (Lipinski definition) is 1. The minimum atomic E-state index is -0.800. The van der Waals surface area contributed by atoms with Gasteiger partial charge >= 0.3 is 5.97 Å². The topological polar surface area (TPSA) is 46.5 Å². The van der Waals surface area contributed by atoms with Crippen molar-refractivity contribution in [2.24, 2.45) is 0 Å². The summed E-state index contributed by atoms with van der Waals surface area (Å²) < 4.78 is 5.14. The molecule has 0 aliphatic heterocycles. The van der Waals surface area contributed by atoms with E-state index in [0.29, 0.717) is 0 Å². The Morgan fingerprint density at radius 3 is 2.00 bits per heavy atom. The number of aryl methyl sites for hydroxylation is 1. The van der Waals surface area contributed by atoms with Gasteiger partial charge in [-0.05, 0) is 30.2 Å². The lowest BCUT2D eigenvalue weighted by molar-refractivity contribution is -0.137. The summed E-state index contributed by atoms with van der Waals surface area (Å²) in [6.45, 7) is 2.02. The maximum absolute atomic E-state index is 11.1. The number of methoxy groups -OCH3 is 1. The van der Waals surface area contributed by atoms with E-state index in [4.69, 9.17) is 9.84 Å². The number of ether oxygens (including phenoxy) is 1. The molecular weight excluding hydrogens is 252 g/mol. The van der Waals surface area contributed by atoms with E-state index in [1.54, 1.807) is 7.11 Å². The van der Waals surface area contributed by atoms with Crippen molar-refractivity contribution >= 4 is 5.97 Å². The molecule has 3 nitrogen and oxygen atoms in total. The molecule has 0 fully saturated rings. The van der Waals surface area contributed by atoms with Gasteiger partial charge in [-0.25, -0.2) is 0 Å². The lowest BCUT2D eigenvalue weighted by Crippen LogP contribution is -2.08. The zero-order chi connectivity index (χ0) is 14.5. The number of carboxylic acids is 1. The van der Waals surface area contributed by atoms with E-state index >= 15 is 0 Å². The Labute approximate surface area is 118 Å². The van der Waals surface area contributed by atoms with Gasteiger partial charge in [0.1, 0.15) is 5.75 Å². The number of aliphatic carboxylic acids is 1. The van der Waals surface area contributed by atoms with Crippen LogP contribution in [-0.2, 0) is 4.79 Å². The third kappa shape index (κ3) is 3.38. The lowest BCUT2D eigenvalue weighted by Gasteiger charge is -2.16. The SMILES string of the molecule is COc1ccc(C(CC(=O)O)c2ccc(C)cc2)cc1. The van der Waals surface area contributed by atoms with Gasteiger partial charge in [0.2, 0.25) is 0 Å². The van der Waals surface area contributed by atoms with Gasteiger partial charge < -0.3 is 9.84 Å². The van der Waals surface area contributed by atoms with E-state index in [1.165, 1.54) is 0 Å². The molecule has 0 aromatic heterocycles. The largest absolute Gasteiger partial charge is 0.497 e. The highest BCUT2D eigenvalue weighted by molar-refractivity contribution is 5.69. The maximum Gasteiger partial charge on any atom is 0.304 e. The lowest BCUT2D eigenvalue weighted by atomic mass is 9.88.